The van der Waals surface area contributed by atoms with Gasteiger partial charge < -0.3 is 9.64 Å². The molecule has 0 N–H and O–H groups in total. The predicted octanol–water partition coefficient (Wildman–Crippen LogP) is 1.48. The number of sulfone groups is 1. The molecule has 1 aromatic heterocycles. The molecule has 1 saturated carbocycles. The molecule has 2 fully saturated rings. The standard InChI is InChI=1S/C12H19N3O3S2/c16-20(17,10-4-2-1-3-5-10)12-14-13-11(19-12)15-6-8-18-9-7-15/h10H,1-9H2. The zero-order chi connectivity index (χ0) is 14.0. The SMILES string of the molecule is O=S(=O)(c1nnc(N2CCOCC2)s1)C1CCCCC1. The van der Waals surface area contributed by atoms with Crippen LogP contribution in [0.3, 0.4) is 0 Å². The Kier molecular flexibility index (Phi) is 4.23. The van der Waals surface area contributed by atoms with Gasteiger partial charge in [0.05, 0.1) is 18.5 Å². The average Bonchev–Trinajstić information content (AvgIpc) is 3.00. The molecule has 0 atom stereocenters. The van der Waals surface area contributed by atoms with Crippen molar-refractivity contribution in [2.45, 2.75) is 41.7 Å². The number of aromatic nitrogens is 2. The smallest absolute Gasteiger partial charge is 0.234 e. The molecule has 2 heterocycles. The number of ether oxygens (including phenoxy) is 1. The van der Waals surface area contributed by atoms with E-state index in [-0.39, 0.29) is 9.59 Å². The fourth-order valence-electron chi connectivity index (χ4n) is 2.72. The number of hydrogen-bond donors (Lipinski definition) is 0. The Morgan fingerprint density at radius 2 is 1.80 bits per heavy atom. The molecule has 0 unspecified atom stereocenters. The third-order valence-electron chi connectivity index (χ3n) is 3.91. The van der Waals surface area contributed by atoms with Crippen molar-refractivity contribution in [3.8, 4) is 0 Å². The second kappa shape index (κ2) is 5.95. The van der Waals surface area contributed by atoms with Crippen LogP contribution in [0, 0.1) is 0 Å². The van der Waals surface area contributed by atoms with E-state index in [1.807, 2.05) is 4.90 Å². The van der Waals surface area contributed by atoms with Crippen LogP contribution >= 0.6 is 11.3 Å². The van der Waals surface area contributed by atoms with E-state index in [2.05, 4.69) is 10.2 Å². The van der Waals surface area contributed by atoms with Crippen molar-refractivity contribution < 1.29 is 13.2 Å². The normalized spacial score (nSPS) is 22.1. The highest BCUT2D eigenvalue weighted by Crippen LogP contribution is 2.32. The Bertz CT molecular complexity index is 546. The van der Waals surface area contributed by atoms with Crippen molar-refractivity contribution >= 4 is 26.3 Å². The fourth-order valence-corrected chi connectivity index (χ4v) is 5.84. The first-order valence-corrected chi connectivity index (χ1v) is 9.44. The van der Waals surface area contributed by atoms with E-state index in [4.69, 9.17) is 4.74 Å². The van der Waals surface area contributed by atoms with E-state index in [0.29, 0.717) is 18.3 Å². The van der Waals surface area contributed by atoms with Gasteiger partial charge in [-0.05, 0) is 12.8 Å². The number of anilines is 1. The lowest BCUT2D eigenvalue weighted by Gasteiger charge is -2.25. The third-order valence-corrected chi connectivity index (χ3v) is 7.55. The van der Waals surface area contributed by atoms with Gasteiger partial charge in [0, 0.05) is 13.1 Å². The van der Waals surface area contributed by atoms with Gasteiger partial charge in [-0.15, -0.1) is 10.2 Å². The van der Waals surface area contributed by atoms with Crippen molar-refractivity contribution in [1.29, 1.82) is 0 Å². The summed E-state index contributed by atoms with van der Waals surface area (Å²) in [6.45, 7) is 2.81. The Morgan fingerprint density at radius 1 is 1.10 bits per heavy atom. The molecule has 112 valence electrons. The Morgan fingerprint density at radius 3 is 2.50 bits per heavy atom. The molecule has 6 nitrogen and oxygen atoms in total. The van der Waals surface area contributed by atoms with Gasteiger partial charge in [-0.3, -0.25) is 0 Å². The van der Waals surface area contributed by atoms with Crippen LogP contribution < -0.4 is 4.90 Å². The molecule has 1 aliphatic heterocycles. The molecule has 1 aliphatic carbocycles. The minimum Gasteiger partial charge on any atom is -0.378 e. The lowest BCUT2D eigenvalue weighted by atomic mass is 10.0. The molecule has 8 heteroatoms. The van der Waals surface area contributed by atoms with Gasteiger partial charge in [0.1, 0.15) is 0 Å². The van der Waals surface area contributed by atoms with Crippen LogP contribution in [0.5, 0.6) is 0 Å². The van der Waals surface area contributed by atoms with Gasteiger partial charge in [0.25, 0.3) is 0 Å². The van der Waals surface area contributed by atoms with Gasteiger partial charge in [-0.1, -0.05) is 30.6 Å². The Labute approximate surface area is 123 Å². The zero-order valence-electron chi connectivity index (χ0n) is 11.3. The molecule has 1 saturated heterocycles. The highest BCUT2D eigenvalue weighted by molar-refractivity contribution is 7.94. The van der Waals surface area contributed by atoms with Crippen LogP contribution in [-0.4, -0.2) is 50.2 Å². The first kappa shape index (κ1) is 14.2. The van der Waals surface area contributed by atoms with Gasteiger partial charge in [-0.25, -0.2) is 8.42 Å². The topological polar surface area (TPSA) is 72.4 Å². The van der Waals surface area contributed by atoms with Gasteiger partial charge in [-0.2, -0.15) is 0 Å². The van der Waals surface area contributed by atoms with Crippen molar-refractivity contribution in [3.63, 3.8) is 0 Å². The Hall–Kier alpha value is -0.730. The van der Waals surface area contributed by atoms with Gasteiger partial charge in [0.15, 0.2) is 0 Å². The highest BCUT2D eigenvalue weighted by atomic mass is 32.2. The second-order valence-electron chi connectivity index (χ2n) is 5.25. The van der Waals surface area contributed by atoms with E-state index in [1.165, 1.54) is 11.3 Å². The van der Waals surface area contributed by atoms with Crippen LogP contribution in [0.15, 0.2) is 4.34 Å². The lowest BCUT2D eigenvalue weighted by Crippen LogP contribution is -2.36. The lowest BCUT2D eigenvalue weighted by molar-refractivity contribution is 0.122. The number of rotatable bonds is 3. The van der Waals surface area contributed by atoms with Crippen LogP contribution in [0.1, 0.15) is 32.1 Å². The monoisotopic (exact) mass is 317 g/mol. The van der Waals surface area contributed by atoms with E-state index in [1.54, 1.807) is 0 Å². The number of morpholine rings is 1. The zero-order valence-corrected chi connectivity index (χ0v) is 13.0. The minimum atomic E-state index is -3.29. The summed E-state index contributed by atoms with van der Waals surface area (Å²) in [5, 5.41) is 8.43. The highest BCUT2D eigenvalue weighted by Gasteiger charge is 2.32. The van der Waals surface area contributed by atoms with Crippen molar-refractivity contribution in [3.05, 3.63) is 0 Å². The maximum atomic E-state index is 12.5. The van der Waals surface area contributed by atoms with Gasteiger partial charge in [0.2, 0.25) is 19.3 Å². The van der Waals surface area contributed by atoms with E-state index in [0.717, 1.165) is 45.2 Å². The molecule has 2 aliphatic rings. The summed E-state index contributed by atoms with van der Waals surface area (Å²) in [4.78, 5) is 2.04. The van der Waals surface area contributed by atoms with Crippen LogP contribution in [0.25, 0.3) is 0 Å². The maximum Gasteiger partial charge on any atom is 0.234 e. The summed E-state index contributed by atoms with van der Waals surface area (Å²) < 4.78 is 30.6. The first-order valence-electron chi connectivity index (χ1n) is 7.08. The molecule has 20 heavy (non-hydrogen) atoms. The van der Waals surface area contributed by atoms with Gasteiger partial charge >= 0.3 is 0 Å². The number of nitrogens with zero attached hydrogens (tertiary/aromatic N) is 3. The number of hydrogen-bond acceptors (Lipinski definition) is 7. The minimum absolute atomic E-state index is 0.186. The summed E-state index contributed by atoms with van der Waals surface area (Å²) in [5.41, 5.74) is 0. The van der Waals surface area contributed by atoms with E-state index >= 15 is 0 Å². The average molecular weight is 317 g/mol. The van der Waals surface area contributed by atoms with Crippen molar-refractivity contribution in [2.24, 2.45) is 0 Å². The quantitative estimate of drug-likeness (QED) is 0.841. The molecule has 1 aromatic rings. The Balaban J connectivity index is 1.78. The molecule has 0 amide bonds. The maximum absolute atomic E-state index is 12.5. The molecule has 0 aromatic carbocycles. The van der Waals surface area contributed by atoms with E-state index < -0.39 is 9.84 Å². The molecular weight excluding hydrogens is 298 g/mol. The fraction of sp³-hybridized carbons (Fsp3) is 0.833. The third kappa shape index (κ3) is 2.82. The van der Waals surface area contributed by atoms with Crippen molar-refractivity contribution in [1.82, 2.24) is 10.2 Å². The van der Waals surface area contributed by atoms with Crippen LogP contribution in [-0.2, 0) is 14.6 Å². The summed E-state index contributed by atoms with van der Waals surface area (Å²) >= 11 is 1.20. The second-order valence-corrected chi connectivity index (χ2v) is 8.61. The summed E-state index contributed by atoms with van der Waals surface area (Å²) in [6, 6.07) is 0. The molecule has 0 radical (unpaired) electrons. The molecular formula is C12H19N3O3S2. The summed E-state index contributed by atoms with van der Waals surface area (Å²) in [7, 11) is -3.29. The van der Waals surface area contributed by atoms with E-state index in [9.17, 15) is 8.42 Å². The van der Waals surface area contributed by atoms with Crippen LogP contribution in [0.2, 0.25) is 0 Å². The summed E-state index contributed by atoms with van der Waals surface area (Å²) in [5.74, 6) is 0. The first-order chi connectivity index (χ1) is 9.68. The van der Waals surface area contributed by atoms with Crippen LogP contribution in [0.4, 0.5) is 5.13 Å². The molecule has 0 spiro atoms. The molecule has 3 rings (SSSR count). The molecule has 0 bridgehead atoms. The van der Waals surface area contributed by atoms with Crippen molar-refractivity contribution in [2.75, 3.05) is 31.2 Å². The predicted molar refractivity (Wildman–Crippen MR) is 77.0 cm³/mol. The largest absolute Gasteiger partial charge is 0.378 e. The summed E-state index contributed by atoms with van der Waals surface area (Å²) in [6.07, 6.45) is 4.66.